The number of hydrogen-bond acceptors (Lipinski definition) is 2. The van der Waals surface area contributed by atoms with Gasteiger partial charge in [-0.2, -0.15) is 0 Å². The zero-order valence-electron chi connectivity index (χ0n) is 10.1. The molecule has 0 aliphatic heterocycles. The first-order valence-corrected chi connectivity index (χ1v) is 7.26. The third kappa shape index (κ3) is 2.58. The van der Waals surface area contributed by atoms with Crippen molar-refractivity contribution in [1.29, 1.82) is 0 Å². The summed E-state index contributed by atoms with van der Waals surface area (Å²) in [5, 5.41) is 4.96. The second-order valence-corrected chi connectivity index (χ2v) is 5.86. The summed E-state index contributed by atoms with van der Waals surface area (Å²) in [4.78, 5) is 0. The molecule has 0 bridgehead atoms. The zero-order valence-corrected chi connectivity index (χ0v) is 12.3. The second-order valence-electron chi connectivity index (χ2n) is 4.63. The van der Waals surface area contributed by atoms with Gasteiger partial charge in [-0.1, -0.05) is 34.8 Å². The van der Waals surface area contributed by atoms with Gasteiger partial charge in [0.05, 0.1) is 33.1 Å². The highest BCUT2D eigenvalue weighted by molar-refractivity contribution is 6.44. The Labute approximate surface area is 126 Å². The summed E-state index contributed by atoms with van der Waals surface area (Å²) in [6, 6.07) is 5.64. The van der Waals surface area contributed by atoms with Crippen LogP contribution in [0, 0.1) is 0 Å². The molecule has 1 aliphatic rings. The fraction of sp³-hybridized carbons (Fsp3) is 0.286. The predicted molar refractivity (Wildman–Crippen MR) is 79.5 cm³/mol. The van der Waals surface area contributed by atoms with E-state index in [0.717, 1.165) is 30.7 Å². The molecule has 1 aliphatic carbocycles. The van der Waals surface area contributed by atoms with Crippen molar-refractivity contribution in [3.63, 3.8) is 0 Å². The maximum absolute atomic E-state index is 6.19. The normalized spacial score (nSPS) is 18.2. The minimum atomic E-state index is 0.206. The maximum atomic E-state index is 6.19. The van der Waals surface area contributed by atoms with E-state index in [4.69, 9.17) is 39.2 Å². The van der Waals surface area contributed by atoms with Crippen LogP contribution in [0.3, 0.4) is 0 Å². The summed E-state index contributed by atoms with van der Waals surface area (Å²) in [6.45, 7) is 0. The van der Waals surface area contributed by atoms with Crippen molar-refractivity contribution in [2.45, 2.75) is 25.3 Å². The van der Waals surface area contributed by atoms with Crippen molar-refractivity contribution >= 4 is 40.5 Å². The van der Waals surface area contributed by atoms with Gasteiger partial charge in [0.25, 0.3) is 0 Å². The Hall–Kier alpha value is -0.830. The van der Waals surface area contributed by atoms with E-state index in [0.29, 0.717) is 15.1 Å². The van der Waals surface area contributed by atoms with Crippen molar-refractivity contribution in [2.75, 3.05) is 5.32 Å². The molecule has 0 radical (unpaired) electrons. The number of anilines is 1. The molecule has 2 aromatic rings. The number of nitrogens with one attached hydrogen (secondary N) is 1. The Bertz CT molecular complexity index is 609. The number of aryl methyl sites for hydroxylation is 1. The lowest BCUT2D eigenvalue weighted by atomic mass is 9.93. The Kier molecular flexibility index (Phi) is 3.66. The highest BCUT2D eigenvalue weighted by Crippen LogP contribution is 2.37. The van der Waals surface area contributed by atoms with Gasteiger partial charge in [0, 0.05) is 12.0 Å². The Morgan fingerprint density at radius 3 is 2.74 bits per heavy atom. The molecule has 0 saturated carbocycles. The van der Waals surface area contributed by atoms with Gasteiger partial charge in [0.1, 0.15) is 5.76 Å². The summed E-state index contributed by atoms with van der Waals surface area (Å²) in [6.07, 6.45) is 4.87. The molecule has 5 heteroatoms. The molecule has 0 amide bonds. The Morgan fingerprint density at radius 2 is 1.89 bits per heavy atom. The average molecular weight is 317 g/mol. The van der Waals surface area contributed by atoms with Gasteiger partial charge in [-0.3, -0.25) is 0 Å². The molecule has 3 rings (SSSR count). The Balaban J connectivity index is 1.89. The monoisotopic (exact) mass is 315 g/mol. The first-order chi connectivity index (χ1) is 9.15. The summed E-state index contributed by atoms with van der Waals surface area (Å²) < 4.78 is 5.48. The van der Waals surface area contributed by atoms with Crippen LogP contribution in [0.5, 0.6) is 0 Å². The first kappa shape index (κ1) is 13.2. The molecule has 1 atom stereocenters. The van der Waals surface area contributed by atoms with Crippen LogP contribution in [0.25, 0.3) is 0 Å². The molecular weight excluding hydrogens is 305 g/mol. The van der Waals surface area contributed by atoms with E-state index < -0.39 is 0 Å². The molecule has 1 heterocycles. The summed E-state index contributed by atoms with van der Waals surface area (Å²) >= 11 is 18.2. The number of fused-ring (bicyclic) bond motifs is 1. The molecule has 19 heavy (non-hydrogen) atoms. The van der Waals surface area contributed by atoms with Crippen LogP contribution < -0.4 is 5.32 Å². The lowest BCUT2D eigenvalue weighted by Gasteiger charge is -2.24. The van der Waals surface area contributed by atoms with E-state index in [1.165, 1.54) is 5.56 Å². The lowest BCUT2D eigenvalue weighted by molar-refractivity contribution is 0.461. The fourth-order valence-corrected chi connectivity index (χ4v) is 3.06. The average Bonchev–Trinajstić information content (AvgIpc) is 2.85. The van der Waals surface area contributed by atoms with E-state index in [-0.39, 0.29) is 6.04 Å². The van der Waals surface area contributed by atoms with Crippen LogP contribution in [0.4, 0.5) is 5.69 Å². The molecular formula is C14H12Cl3NO. The van der Waals surface area contributed by atoms with Gasteiger partial charge in [0.2, 0.25) is 0 Å². The topological polar surface area (TPSA) is 25.2 Å². The molecule has 1 unspecified atom stereocenters. The van der Waals surface area contributed by atoms with Crippen LogP contribution >= 0.6 is 34.8 Å². The van der Waals surface area contributed by atoms with E-state index in [2.05, 4.69) is 5.32 Å². The van der Waals surface area contributed by atoms with E-state index in [1.807, 2.05) is 6.07 Å². The minimum absolute atomic E-state index is 0.206. The van der Waals surface area contributed by atoms with E-state index >= 15 is 0 Å². The molecule has 1 aromatic carbocycles. The molecule has 1 N–H and O–H groups in total. The largest absolute Gasteiger partial charge is 0.469 e. The summed E-state index contributed by atoms with van der Waals surface area (Å²) in [5.74, 6) is 1.06. The summed E-state index contributed by atoms with van der Waals surface area (Å²) in [5.41, 5.74) is 2.00. The third-order valence-corrected chi connectivity index (χ3v) is 4.43. The highest BCUT2D eigenvalue weighted by atomic mass is 35.5. The van der Waals surface area contributed by atoms with Crippen molar-refractivity contribution in [2.24, 2.45) is 0 Å². The lowest BCUT2D eigenvalue weighted by Crippen LogP contribution is -2.16. The first-order valence-electron chi connectivity index (χ1n) is 6.12. The van der Waals surface area contributed by atoms with Gasteiger partial charge < -0.3 is 9.73 Å². The molecule has 0 spiro atoms. The van der Waals surface area contributed by atoms with Gasteiger partial charge in [-0.05, 0) is 31.0 Å². The SMILES string of the molecule is Clc1cc(Cl)c(NC2CCCc3occc32)cc1Cl. The van der Waals surface area contributed by atoms with Crippen LogP contribution in [-0.4, -0.2) is 0 Å². The van der Waals surface area contributed by atoms with Crippen LogP contribution in [0.2, 0.25) is 15.1 Å². The van der Waals surface area contributed by atoms with Gasteiger partial charge in [-0.25, -0.2) is 0 Å². The van der Waals surface area contributed by atoms with Crippen LogP contribution in [0.1, 0.15) is 30.2 Å². The number of rotatable bonds is 2. The number of benzene rings is 1. The van der Waals surface area contributed by atoms with Crippen LogP contribution in [0.15, 0.2) is 28.9 Å². The number of halogens is 3. The van der Waals surface area contributed by atoms with E-state index in [9.17, 15) is 0 Å². The van der Waals surface area contributed by atoms with Crippen LogP contribution in [-0.2, 0) is 6.42 Å². The minimum Gasteiger partial charge on any atom is -0.469 e. The van der Waals surface area contributed by atoms with Crippen molar-refractivity contribution < 1.29 is 4.42 Å². The van der Waals surface area contributed by atoms with E-state index in [1.54, 1.807) is 18.4 Å². The van der Waals surface area contributed by atoms with Crippen molar-refractivity contribution in [3.8, 4) is 0 Å². The molecule has 0 saturated heterocycles. The highest BCUT2D eigenvalue weighted by Gasteiger charge is 2.23. The Morgan fingerprint density at radius 1 is 1.11 bits per heavy atom. The molecule has 1 aromatic heterocycles. The molecule has 2 nitrogen and oxygen atoms in total. The second kappa shape index (κ2) is 5.28. The quantitative estimate of drug-likeness (QED) is 0.716. The predicted octanol–water partition coefficient (Wildman–Crippen LogP) is 5.73. The van der Waals surface area contributed by atoms with Crippen molar-refractivity contribution in [1.82, 2.24) is 0 Å². The molecule has 100 valence electrons. The number of furan rings is 1. The van der Waals surface area contributed by atoms with Crippen molar-refractivity contribution in [3.05, 3.63) is 50.9 Å². The smallest absolute Gasteiger partial charge is 0.109 e. The van der Waals surface area contributed by atoms with Gasteiger partial charge in [-0.15, -0.1) is 0 Å². The van der Waals surface area contributed by atoms with Gasteiger partial charge in [0.15, 0.2) is 0 Å². The maximum Gasteiger partial charge on any atom is 0.109 e. The zero-order chi connectivity index (χ0) is 13.4. The summed E-state index contributed by atoms with van der Waals surface area (Å²) in [7, 11) is 0. The fourth-order valence-electron chi connectivity index (χ4n) is 2.46. The standard InChI is InChI=1S/C14H12Cl3NO/c15-9-6-11(17)13(7-10(9)16)18-12-2-1-3-14-8(12)4-5-19-14/h4-7,12,18H,1-3H2. The van der Waals surface area contributed by atoms with Gasteiger partial charge >= 0.3 is 0 Å². The number of hydrogen-bond donors (Lipinski definition) is 1. The molecule has 0 fully saturated rings. The third-order valence-electron chi connectivity index (χ3n) is 3.39.